The minimum absolute atomic E-state index is 0.760. The molecule has 3 aromatic rings. The van der Waals surface area contributed by atoms with Crippen LogP contribution in [-0.2, 0) is 0 Å². The molecule has 2 heterocycles. The summed E-state index contributed by atoms with van der Waals surface area (Å²) in [6.45, 7) is 2.04. The van der Waals surface area contributed by atoms with Gasteiger partial charge in [0.25, 0.3) is 0 Å². The average Bonchev–Trinajstić information content (AvgIpc) is 2.57. The number of halogens is 1. The molecule has 0 fully saturated rings. The maximum Gasteiger partial charge on any atom is 0.0406 e. The van der Waals surface area contributed by atoms with Crippen LogP contribution >= 0.6 is 11.6 Å². The van der Waals surface area contributed by atoms with E-state index in [1.807, 2.05) is 67.6 Å². The summed E-state index contributed by atoms with van der Waals surface area (Å²) in [5.41, 5.74) is 3.53. The van der Waals surface area contributed by atoms with E-state index >= 15 is 0 Å². The second kappa shape index (κ2) is 8.75. The molecule has 0 aliphatic carbocycles. The predicted molar refractivity (Wildman–Crippen MR) is 93.6 cm³/mol. The van der Waals surface area contributed by atoms with Gasteiger partial charge in [-0.3, -0.25) is 9.97 Å². The Kier molecular flexibility index (Phi) is 6.34. The number of rotatable bonds is 2. The molecule has 22 heavy (non-hydrogen) atoms. The Hall–Kier alpha value is -2.45. The largest absolute Gasteiger partial charge is 0.265 e. The first-order chi connectivity index (χ1) is 10.7. The highest BCUT2D eigenvalue weighted by Gasteiger charge is 1.88. The minimum atomic E-state index is 0.760. The third-order valence-electron chi connectivity index (χ3n) is 2.89. The van der Waals surface area contributed by atoms with Crippen LogP contribution in [0.15, 0.2) is 73.3 Å². The lowest BCUT2D eigenvalue weighted by Gasteiger charge is -1.94. The maximum atomic E-state index is 5.80. The Morgan fingerprint density at radius 2 is 1.14 bits per heavy atom. The van der Waals surface area contributed by atoms with Crippen LogP contribution in [0.5, 0.6) is 0 Å². The van der Waals surface area contributed by atoms with Crippen molar-refractivity contribution in [3.63, 3.8) is 0 Å². The van der Waals surface area contributed by atoms with E-state index in [9.17, 15) is 0 Å². The molecular formula is C19H17ClN2. The van der Waals surface area contributed by atoms with E-state index in [4.69, 9.17) is 11.6 Å². The summed E-state index contributed by atoms with van der Waals surface area (Å²) in [5, 5.41) is 0.760. The molecule has 0 aliphatic rings. The third kappa shape index (κ3) is 5.90. The number of nitrogens with zero attached hydrogens (tertiary/aromatic N) is 2. The monoisotopic (exact) mass is 308 g/mol. The Bertz CT molecular complexity index is 693. The highest BCUT2D eigenvalue weighted by Crippen LogP contribution is 2.12. The van der Waals surface area contributed by atoms with Gasteiger partial charge in [0.1, 0.15) is 0 Å². The van der Waals surface area contributed by atoms with Gasteiger partial charge in [-0.05, 0) is 60.0 Å². The molecule has 0 unspecified atom stereocenters. The molecule has 3 heteroatoms. The van der Waals surface area contributed by atoms with Crippen molar-refractivity contribution in [1.29, 1.82) is 0 Å². The molecule has 0 N–H and O–H groups in total. The molecule has 0 saturated carbocycles. The topological polar surface area (TPSA) is 25.8 Å². The first-order valence-corrected chi connectivity index (χ1v) is 7.32. The number of benzene rings is 1. The SMILES string of the molecule is Cc1ccncc1.Clc1ccc(C=Cc2ccncc2)cc1. The van der Waals surface area contributed by atoms with Crippen LogP contribution in [0.2, 0.25) is 5.02 Å². The average molecular weight is 309 g/mol. The van der Waals surface area contributed by atoms with E-state index in [0.29, 0.717) is 0 Å². The van der Waals surface area contributed by atoms with Crippen molar-refractivity contribution in [2.75, 3.05) is 0 Å². The first-order valence-electron chi connectivity index (χ1n) is 6.94. The quantitative estimate of drug-likeness (QED) is 0.642. The molecule has 0 saturated heterocycles. The lowest BCUT2D eigenvalue weighted by Crippen LogP contribution is -1.73. The van der Waals surface area contributed by atoms with Gasteiger partial charge in [-0.2, -0.15) is 0 Å². The highest BCUT2D eigenvalue weighted by molar-refractivity contribution is 6.30. The molecule has 110 valence electrons. The van der Waals surface area contributed by atoms with Gasteiger partial charge in [-0.25, -0.2) is 0 Å². The maximum absolute atomic E-state index is 5.80. The van der Waals surface area contributed by atoms with Gasteiger partial charge in [0.05, 0.1) is 0 Å². The number of aryl methyl sites for hydroxylation is 1. The van der Waals surface area contributed by atoms with Crippen molar-refractivity contribution >= 4 is 23.8 Å². The molecule has 0 aliphatic heterocycles. The van der Waals surface area contributed by atoms with E-state index in [0.717, 1.165) is 16.1 Å². The van der Waals surface area contributed by atoms with Crippen LogP contribution in [0.3, 0.4) is 0 Å². The third-order valence-corrected chi connectivity index (χ3v) is 3.14. The fourth-order valence-corrected chi connectivity index (χ4v) is 1.79. The van der Waals surface area contributed by atoms with Crippen molar-refractivity contribution in [2.24, 2.45) is 0 Å². The summed E-state index contributed by atoms with van der Waals surface area (Å²) in [6, 6.07) is 15.6. The molecule has 0 bridgehead atoms. The van der Waals surface area contributed by atoms with Gasteiger partial charge in [0.15, 0.2) is 0 Å². The summed E-state index contributed by atoms with van der Waals surface area (Å²) >= 11 is 5.80. The number of hydrogen-bond donors (Lipinski definition) is 0. The van der Waals surface area contributed by atoms with Gasteiger partial charge in [0, 0.05) is 29.8 Å². The first kappa shape index (κ1) is 15.9. The zero-order valence-corrected chi connectivity index (χ0v) is 13.1. The van der Waals surface area contributed by atoms with Crippen LogP contribution < -0.4 is 0 Å². The van der Waals surface area contributed by atoms with E-state index in [1.54, 1.807) is 24.8 Å². The summed E-state index contributed by atoms with van der Waals surface area (Å²) < 4.78 is 0. The molecule has 0 amide bonds. The van der Waals surface area contributed by atoms with Crippen molar-refractivity contribution in [3.8, 4) is 0 Å². The lowest BCUT2D eigenvalue weighted by molar-refractivity contribution is 1.29. The number of aromatic nitrogens is 2. The minimum Gasteiger partial charge on any atom is -0.265 e. The normalized spacial score (nSPS) is 10.1. The Morgan fingerprint density at radius 3 is 1.59 bits per heavy atom. The van der Waals surface area contributed by atoms with E-state index in [2.05, 4.69) is 9.97 Å². The van der Waals surface area contributed by atoms with Crippen molar-refractivity contribution in [3.05, 3.63) is 95.0 Å². The van der Waals surface area contributed by atoms with Crippen LogP contribution in [-0.4, -0.2) is 9.97 Å². The van der Waals surface area contributed by atoms with Gasteiger partial charge in [-0.1, -0.05) is 35.9 Å². The Morgan fingerprint density at radius 1 is 0.682 bits per heavy atom. The van der Waals surface area contributed by atoms with E-state index in [-0.39, 0.29) is 0 Å². The van der Waals surface area contributed by atoms with E-state index < -0.39 is 0 Å². The number of pyridine rings is 2. The fraction of sp³-hybridized carbons (Fsp3) is 0.0526. The lowest BCUT2D eigenvalue weighted by atomic mass is 10.1. The molecule has 0 atom stereocenters. The Labute approximate surface area is 136 Å². The summed E-state index contributed by atoms with van der Waals surface area (Å²) in [5.74, 6) is 0. The zero-order chi connectivity index (χ0) is 15.6. The van der Waals surface area contributed by atoms with Gasteiger partial charge >= 0.3 is 0 Å². The molecule has 0 radical (unpaired) electrons. The van der Waals surface area contributed by atoms with Crippen LogP contribution in [0.1, 0.15) is 16.7 Å². The molecule has 1 aromatic carbocycles. The molecular weight excluding hydrogens is 292 g/mol. The summed E-state index contributed by atoms with van der Waals surface area (Å²) in [7, 11) is 0. The summed E-state index contributed by atoms with van der Waals surface area (Å²) in [6.07, 6.45) is 11.2. The van der Waals surface area contributed by atoms with Crippen molar-refractivity contribution in [2.45, 2.75) is 6.92 Å². The standard InChI is InChI=1S/C13H10ClN.C6H7N/c14-13-5-3-11(4-6-13)1-2-12-7-9-15-10-8-12;1-6-2-4-7-5-3-6/h1-10H;2-5H,1H3. The van der Waals surface area contributed by atoms with Crippen LogP contribution in [0.25, 0.3) is 12.2 Å². The predicted octanol–water partition coefficient (Wildman–Crippen LogP) is 5.30. The summed E-state index contributed by atoms with van der Waals surface area (Å²) in [4.78, 5) is 7.81. The molecule has 0 spiro atoms. The van der Waals surface area contributed by atoms with Crippen molar-refractivity contribution in [1.82, 2.24) is 9.97 Å². The second-order valence-electron chi connectivity index (χ2n) is 4.69. The van der Waals surface area contributed by atoms with Crippen molar-refractivity contribution < 1.29 is 0 Å². The highest BCUT2D eigenvalue weighted by atomic mass is 35.5. The number of hydrogen-bond acceptors (Lipinski definition) is 2. The van der Waals surface area contributed by atoms with Crippen LogP contribution in [0.4, 0.5) is 0 Å². The molecule has 3 rings (SSSR count). The second-order valence-corrected chi connectivity index (χ2v) is 5.13. The molecule has 2 aromatic heterocycles. The Balaban J connectivity index is 0.000000211. The van der Waals surface area contributed by atoms with E-state index in [1.165, 1.54) is 5.56 Å². The smallest absolute Gasteiger partial charge is 0.0406 e. The zero-order valence-electron chi connectivity index (χ0n) is 12.4. The fourth-order valence-electron chi connectivity index (χ4n) is 1.67. The van der Waals surface area contributed by atoms with Gasteiger partial charge in [-0.15, -0.1) is 0 Å². The van der Waals surface area contributed by atoms with Gasteiger partial charge < -0.3 is 0 Å². The molecule has 2 nitrogen and oxygen atoms in total. The van der Waals surface area contributed by atoms with Gasteiger partial charge in [0.2, 0.25) is 0 Å². The van der Waals surface area contributed by atoms with Crippen LogP contribution in [0, 0.1) is 6.92 Å².